The van der Waals surface area contributed by atoms with Crippen LogP contribution in [0.25, 0.3) is 0 Å². The van der Waals surface area contributed by atoms with Gasteiger partial charge in [0.15, 0.2) is 0 Å². The van der Waals surface area contributed by atoms with Crippen LogP contribution < -0.4 is 10.5 Å². The van der Waals surface area contributed by atoms with Gasteiger partial charge in [0, 0.05) is 42.4 Å². The molecule has 5 rings (SSSR count). The Labute approximate surface area is 202 Å². The molecule has 1 spiro atoms. The summed E-state index contributed by atoms with van der Waals surface area (Å²) in [6.45, 7) is 13.6. The molecular formula is C27H37N5O2. The van der Waals surface area contributed by atoms with Crippen LogP contribution >= 0.6 is 0 Å². The number of amides is 1. The summed E-state index contributed by atoms with van der Waals surface area (Å²) >= 11 is 0. The minimum Gasteiger partial charge on any atom is -0.486 e. The van der Waals surface area contributed by atoms with E-state index in [-0.39, 0.29) is 22.9 Å². The Bertz CT molecular complexity index is 1080. The monoisotopic (exact) mass is 463 g/mol. The molecule has 2 N–H and O–H groups in total. The molecule has 2 saturated heterocycles. The zero-order valence-corrected chi connectivity index (χ0v) is 20.9. The molecule has 1 aromatic heterocycles. The zero-order chi connectivity index (χ0) is 24.1. The number of carbonyl (C=O) groups excluding carboxylic acids is 1. The van der Waals surface area contributed by atoms with E-state index in [9.17, 15) is 4.79 Å². The van der Waals surface area contributed by atoms with E-state index in [0.29, 0.717) is 11.1 Å². The first-order valence-corrected chi connectivity index (χ1v) is 12.5. The van der Waals surface area contributed by atoms with Gasteiger partial charge in [-0.2, -0.15) is 0 Å². The topological polar surface area (TPSA) is 84.6 Å². The molecule has 3 aliphatic heterocycles. The molecule has 0 atom stereocenters. The lowest BCUT2D eigenvalue weighted by molar-refractivity contribution is 0.0276. The molecule has 34 heavy (non-hydrogen) atoms. The second-order valence-electron chi connectivity index (χ2n) is 11.4. The smallest absolute Gasteiger partial charge is 0.272 e. The molecule has 4 heterocycles. The van der Waals surface area contributed by atoms with Crippen LogP contribution in [0.2, 0.25) is 0 Å². The van der Waals surface area contributed by atoms with E-state index >= 15 is 0 Å². The Morgan fingerprint density at radius 1 is 1.03 bits per heavy atom. The number of hydrogen-bond donors (Lipinski definition) is 1. The van der Waals surface area contributed by atoms with Crippen molar-refractivity contribution in [2.24, 2.45) is 5.41 Å². The van der Waals surface area contributed by atoms with E-state index in [0.717, 1.165) is 51.3 Å². The summed E-state index contributed by atoms with van der Waals surface area (Å²) in [5.41, 5.74) is 8.80. The summed E-state index contributed by atoms with van der Waals surface area (Å²) in [5.74, 6) is 1.20. The highest BCUT2D eigenvalue weighted by Crippen LogP contribution is 2.50. The third kappa shape index (κ3) is 3.94. The van der Waals surface area contributed by atoms with Crippen molar-refractivity contribution in [2.75, 3.05) is 31.9 Å². The first-order valence-electron chi connectivity index (χ1n) is 12.5. The van der Waals surface area contributed by atoms with Crippen LogP contribution in [0.4, 0.5) is 5.95 Å². The number of rotatable bonds is 3. The lowest BCUT2D eigenvalue weighted by Gasteiger charge is -2.47. The summed E-state index contributed by atoms with van der Waals surface area (Å²) in [6.07, 6.45) is 6.02. The highest BCUT2D eigenvalue weighted by Gasteiger charge is 2.48. The lowest BCUT2D eigenvalue weighted by atomic mass is 9.71. The van der Waals surface area contributed by atoms with Gasteiger partial charge in [-0.05, 0) is 64.1 Å². The molecule has 3 aliphatic rings. The molecule has 7 heteroatoms. The van der Waals surface area contributed by atoms with Crippen LogP contribution in [0.15, 0.2) is 30.5 Å². The maximum absolute atomic E-state index is 12.8. The van der Waals surface area contributed by atoms with E-state index in [1.54, 1.807) is 12.3 Å². The molecule has 0 bridgehead atoms. The average Bonchev–Trinajstić information content (AvgIpc) is 3.00. The molecule has 0 radical (unpaired) electrons. The van der Waals surface area contributed by atoms with E-state index in [1.165, 1.54) is 24.0 Å². The number of anilines is 1. The summed E-state index contributed by atoms with van der Waals surface area (Å²) in [6, 6.07) is 8.28. The van der Waals surface area contributed by atoms with Crippen LogP contribution in [-0.4, -0.2) is 57.5 Å². The fourth-order valence-corrected chi connectivity index (χ4v) is 5.79. The largest absolute Gasteiger partial charge is 0.486 e. The molecule has 1 aromatic carbocycles. The fourth-order valence-electron chi connectivity index (χ4n) is 5.79. The summed E-state index contributed by atoms with van der Waals surface area (Å²) < 4.78 is 6.49. The number of ether oxygens (including phenoxy) is 1. The minimum atomic E-state index is -0.208. The molecule has 2 fully saturated rings. The number of nitrogen functional groups attached to an aromatic ring is 1. The van der Waals surface area contributed by atoms with E-state index < -0.39 is 0 Å². The Hall–Kier alpha value is -2.67. The predicted molar refractivity (Wildman–Crippen MR) is 133 cm³/mol. The van der Waals surface area contributed by atoms with Crippen molar-refractivity contribution in [3.8, 4) is 5.75 Å². The van der Waals surface area contributed by atoms with Crippen molar-refractivity contribution in [3.63, 3.8) is 0 Å². The van der Waals surface area contributed by atoms with Gasteiger partial charge in [-0.1, -0.05) is 32.0 Å². The number of hydrogen-bond acceptors (Lipinski definition) is 6. The standard InChI is InChI=1S/C27H37N5O2/c1-25(2)20-7-5-6-19(22(20)34-26(25,3)4)18-31-14-9-27(10-15-31)11-16-32(17-12-27)23(33)21-8-13-29-24(28)30-21/h5-8,13H,9-12,14-18H2,1-4H3,(H2,28,29,30). The van der Waals surface area contributed by atoms with Gasteiger partial charge in [0.1, 0.15) is 17.0 Å². The molecule has 0 unspecified atom stereocenters. The number of benzene rings is 1. The Kier molecular flexibility index (Phi) is 5.58. The predicted octanol–water partition coefficient (Wildman–Crippen LogP) is 4.03. The molecule has 0 saturated carbocycles. The van der Waals surface area contributed by atoms with Crippen molar-refractivity contribution in [1.29, 1.82) is 0 Å². The average molecular weight is 464 g/mol. The fraction of sp³-hybridized carbons (Fsp3) is 0.593. The number of fused-ring (bicyclic) bond motifs is 1. The minimum absolute atomic E-state index is 0.00674. The van der Waals surface area contributed by atoms with Gasteiger partial charge < -0.3 is 15.4 Å². The quantitative estimate of drug-likeness (QED) is 0.740. The van der Waals surface area contributed by atoms with Gasteiger partial charge in [-0.15, -0.1) is 0 Å². The Balaban J connectivity index is 1.19. The van der Waals surface area contributed by atoms with E-state index in [1.807, 2.05) is 4.90 Å². The molecule has 2 aromatic rings. The Morgan fingerprint density at radius 2 is 1.71 bits per heavy atom. The number of aromatic nitrogens is 2. The summed E-state index contributed by atoms with van der Waals surface area (Å²) in [4.78, 5) is 25.3. The van der Waals surface area contributed by atoms with Gasteiger partial charge in [0.05, 0.1) is 0 Å². The normalized spacial score (nSPS) is 22.9. The molecule has 0 aliphatic carbocycles. The second kappa shape index (κ2) is 8.22. The van der Waals surface area contributed by atoms with Crippen molar-refractivity contribution in [1.82, 2.24) is 19.8 Å². The molecule has 1 amide bonds. The lowest BCUT2D eigenvalue weighted by Crippen LogP contribution is -2.48. The number of likely N-dealkylation sites (tertiary alicyclic amines) is 2. The van der Waals surface area contributed by atoms with Gasteiger partial charge in [0.2, 0.25) is 5.95 Å². The highest BCUT2D eigenvalue weighted by atomic mass is 16.5. The van der Waals surface area contributed by atoms with Gasteiger partial charge in [-0.25, -0.2) is 9.97 Å². The molecular weight excluding hydrogens is 426 g/mol. The summed E-state index contributed by atoms with van der Waals surface area (Å²) in [5, 5.41) is 0. The van der Waals surface area contributed by atoms with Crippen molar-refractivity contribution in [3.05, 3.63) is 47.3 Å². The molecule has 7 nitrogen and oxygen atoms in total. The zero-order valence-electron chi connectivity index (χ0n) is 20.9. The van der Waals surface area contributed by atoms with Gasteiger partial charge >= 0.3 is 0 Å². The van der Waals surface area contributed by atoms with Crippen LogP contribution in [0.5, 0.6) is 5.75 Å². The maximum Gasteiger partial charge on any atom is 0.272 e. The number of carbonyl (C=O) groups is 1. The van der Waals surface area contributed by atoms with Gasteiger partial charge in [0.25, 0.3) is 5.91 Å². The van der Waals surface area contributed by atoms with Crippen molar-refractivity contribution in [2.45, 2.75) is 70.9 Å². The van der Waals surface area contributed by atoms with Crippen molar-refractivity contribution < 1.29 is 9.53 Å². The Morgan fingerprint density at radius 3 is 2.38 bits per heavy atom. The summed E-state index contributed by atoms with van der Waals surface area (Å²) in [7, 11) is 0. The van der Waals surface area contributed by atoms with Crippen LogP contribution in [0, 0.1) is 5.41 Å². The maximum atomic E-state index is 12.8. The van der Waals surface area contributed by atoms with Crippen LogP contribution in [-0.2, 0) is 12.0 Å². The highest BCUT2D eigenvalue weighted by molar-refractivity contribution is 5.92. The first-order chi connectivity index (χ1) is 16.1. The molecule has 182 valence electrons. The van der Waals surface area contributed by atoms with Crippen molar-refractivity contribution >= 4 is 11.9 Å². The SMILES string of the molecule is CC1(C)Oc2c(CN3CCC4(CC3)CCN(C(=O)c3ccnc(N)n3)CC4)cccc2C1(C)C. The third-order valence-corrected chi connectivity index (χ3v) is 8.95. The van der Waals surface area contributed by atoms with Crippen LogP contribution in [0.3, 0.4) is 0 Å². The third-order valence-electron chi connectivity index (χ3n) is 8.95. The number of nitrogens with two attached hydrogens (primary N) is 1. The number of para-hydroxylation sites is 1. The first kappa shape index (κ1) is 23.1. The second-order valence-corrected chi connectivity index (χ2v) is 11.4. The van der Waals surface area contributed by atoms with E-state index in [2.05, 4.69) is 60.8 Å². The number of nitrogens with zero attached hydrogens (tertiary/aromatic N) is 4. The van der Waals surface area contributed by atoms with E-state index in [4.69, 9.17) is 10.5 Å². The van der Waals surface area contributed by atoms with Crippen LogP contribution in [0.1, 0.15) is 75.0 Å². The van der Waals surface area contributed by atoms with Gasteiger partial charge in [-0.3, -0.25) is 9.69 Å². The number of piperidine rings is 2.